The molecule has 7 rings (SSSR count). The molecule has 0 unspecified atom stereocenters. The molecule has 0 aromatic carbocycles. The highest BCUT2D eigenvalue weighted by atomic mass is 32.2. The lowest BCUT2D eigenvalue weighted by atomic mass is 10.1. The number of carbonyl (C=O) groups is 1. The number of rotatable bonds is 7. The van der Waals surface area contributed by atoms with Gasteiger partial charge in [-0.1, -0.05) is 11.3 Å². The number of imidazole rings is 1. The molecule has 0 atom stereocenters. The Kier molecular flexibility index (Phi) is 6.90. The van der Waals surface area contributed by atoms with Crippen LogP contribution in [0.2, 0.25) is 0 Å². The average Bonchev–Trinajstić information content (AvgIpc) is 3.74. The summed E-state index contributed by atoms with van der Waals surface area (Å²) < 4.78 is 5.79. The summed E-state index contributed by atoms with van der Waals surface area (Å²) in [5.41, 5.74) is 2.13. The molecule has 0 amide bonds. The second kappa shape index (κ2) is 10.2. The van der Waals surface area contributed by atoms with Crippen LogP contribution in [0.15, 0.2) is 23.4 Å². The number of pyridine rings is 1. The molecule has 2 saturated carbocycles. The maximum atomic E-state index is 9.75. The molecule has 2 aliphatic carbocycles. The lowest BCUT2D eigenvalue weighted by molar-refractivity contribution is -0.112. The largest absolute Gasteiger partial charge is 0.367 e. The van der Waals surface area contributed by atoms with Crippen LogP contribution in [0, 0.1) is 17.2 Å². The number of aromatic nitrogens is 4. The lowest BCUT2D eigenvalue weighted by Crippen LogP contribution is -2.44. The summed E-state index contributed by atoms with van der Waals surface area (Å²) in [5.74, 6) is 1.12. The Bertz CT molecular complexity index is 1360. The van der Waals surface area contributed by atoms with Crippen LogP contribution in [0.25, 0.3) is 16.3 Å². The van der Waals surface area contributed by atoms with Gasteiger partial charge in [-0.2, -0.15) is 5.26 Å². The zero-order chi connectivity index (χ0) is 26.3. The Hall–Kier alpha value is -2.56. The lowest BCUT2D eigenvalue weighted by Gasteiger charge is -2.34. The van der Waals surface area contributed by atoms with Crippen molar-refractivity contribution in [3.8, 4) is 16.9 Å². The number of nitriles is 1. The van der Waals surface area contributed by atoms with Gasteiger partial charge in [-0.15, -0.1) is 10.2 Å². The second-order valence-corrected chi connectivity index (χ2v) is 13.0. The predicted molar refractivity (Wildman–Crippen MR) is 149 cm³/mol. The molecule has 12 heteroatoms. The number of likely N-dealkylation sites (N-methyl/N-ethyl adjacent to an activating group) is 1. The number of hydrogen-bond donors (Lipinski definition) is 2. The number of fused-ring (bicyclic) bond motifs is 1. The molecule has 2 N–H and O–H groups in total. The number of piperazine rings is 1. The van der Waals surface area contributed by atoms with Crippen LogP contribution in [0.3, 0.4) is 0 Å². The van der Waals surface area contributed by atoms with Crippen molar-refractivity contribution in [2.24, 2.45) is 5.92 Å². The molecular weight excluding hydrogens is 518 g/mol. The zero-order valence-electron chi connectivity index (χ0n) is 21.8. The Balaban J connectivity index is 0.000000390. The molecule has 0 radical (unpaired) electrons. The summed E-state index contributed by atoms with van der Waals surface area (Å²) in [5, 5.41) is 22.9. The van der Waals surface area contributed by atoms with Crippen molar-refractivity contribution in [2.45, 2.75) is 48.5 Å². The molecule has 4 fully saturated rings. The highest BCUT2D eigenvalue weighted by molar-refractivity contribution is 7.97. The monoisotopic (exact) mass is 551 g/mol. The molecule has 38 heavy (non-hydrogen) atoms. The van der Waals surface area contributed by atoms with E-state index < -0.39 is 5.41 Å². The van der Waals surface area contributed by atoms with E-state index in [9.17, 15) is 10.1 Å². The van der Waals surface area contributed by atoms with Crippen LogP contribution in [0.1, 0.15) is 37.6 Å². The Morgan fingerprint density at radius 3 is 2.55 bits per heavy atom. The first-order valence-electron chi connectivity index (χ1n) is 13.2. The van der Waals surface area contributed by atoms with Gasteiger partial charge in [-0.05, 0) is 57.7 Å². The molecule has 5 heterocycles. The molecular formula is C26H33N9OS2. The van der Waals surface area contributed by atoms with Crippen LogP contribution in [-0.2, 0) is 10.2 Å². The first-order valence-corrected chi connectivity index (χ1v) is 14.9. The van der Waals surface area contributed by atoms with Crippen molar-refractivity contribution in [1.82, 2.24) is 34.5 Å². The van der Waals surface area contributed by atoms with Crippen molar-refractivity contribution in [2.75, 3.05) is 51.2 Å². The molecule has 3 aromatic heterocycles. The molecule has 10 nitrogen and oxygen atoms in total. The standard InChI is InChI=1S/C22H26N8S2.C4H7NO/c1-21(3-4-21)27-32-15-11-16(29-9-7-28(2)8-10-29)17-12-24-18(30(17)13-15)19-25-26-20(31-19)22(14-23)5-6-22;6-3-4-1-5-2-4/h11-13,27H,3-10H2,1-2H3;3-5H,1-2H2. The quantitative estimate of drug-likeness (QED) is 0.336. The smallest absolute Gasteiger partial charge is 0.183 e. The van der Waals surface area contributed by atoms with E-state index in [1.54, 1.807) is 11.9 Å². The van der Waals surface area contributed by atoms with Gasteiger partial charge in [0.15, 0.2) is 10.8 Å². The van der Waals surface area contributed by atoms with Crippen molar-refractivity contribution < 1.29 is 4.79 Å². The number of nitrogens with zero attached hydrogens (tertiary/aromatic N) is 7. The third kappa shape index (κ3) is 5.18. The summed E-state index contributed by atoms with van der Waals surface area (Å²) in [4.78, 5) is 20.5. The van der Waals surface area contributed by atoms with Gasteiger partial charge >= 0.3 is 0 Å². The van der Waals surface area contributed by atoms with E-state index >= 15 is 0 Å². The Labute approximate surface area is 230 Å². The third-order valence-corrected chi connectivity index (χ3v) is 10.0. The first kappa shape index (κ1) is 25.7. The van der Waals surface area contributed by atoms with Crippen LogP contribution in [0.5, 0.6) is 0 Å². The fourth-order valence-corrected chi connectivity index (χ4v) is 6.38. The fraction of sp³-hybridized carbons (Fsp3) is 0.577. The van der Waals surface area contributed by atoms with Crippen LogP contribution in [-0.4, -0.2) is 82.6 Å². The highest BCUT2D eigenvalue weighted by Gasteiger charge is 2.48. The van der Waals surface area contributed by atoms with E-state index in [4.69, 9.17) is 4.98 Å². The maximum Gasteiger partial charge on any atom is 0.183 e. The average molecular weight is 552 g/mol. The van der Waals surface area contributed by atoms with Gasteiger partial charge in [-0.3, -0.25) is 9.12 Å². The predicted octanol–water partition coefficient (Wildman–Crippen LogP) is 2.71. The Morgan fingerprint density at radius 1 is 1.21 bits per heavy atom. The van der Waals surface area contributed by atoms with Gasteiger partial charge in [0.05, 0.1) is 23.5 Å². The number of aldehydes is 1. The minimum atomic E-state index is -0.418. The van der Waals surface area contributed by atoms with Crippen LogP contribution in [0.4, 0.5) is 5.69 Å². The van der Waals surface area contributed by atoms with E-state index in [1.165, 1.54) is 34.8 Å². The number of hydrogen-bond acceptors (Lipinski definition) is 11. The molecule has 4 aliphatic rings. The van der Waals surface area contributed by atoms with E-state index in [0.29, 0.717) is 5.92 Å². The van der Waals surface area contributed by atoms with Crippen molar-refractivity contribution in [3.05, 3.63) is 23.5 Å². The van der Waals surface area contributed by atoms with Gasteiger partial charge < -0.3 is 19.9 Å². The summed E-state index contributed by atoms with van der Waals surface area (Å²) in [6.07, 6.45) is 9.29. The van der Waals surface area contributed by atoms with Gasteiger partial charge in [0.1, 0.15) is 16.7 Å². The Morgan fingerprint density at radius 2 is 1.97 bits per heavy atom. The minimum absolute atomic E-state index is 0.245. The van der Waals surface area contributed by atoms with Crippen molar-refractivity contribution in [3.63, 3.8) is 0 Å². The molecule has 2 aliphatic heterocycles. The SMILES string of the molecule is CN1CCN(c2cc(SNC3(C)CC3)cn3c(-c4nnc(C5(C#N)CC5)s4)ncc23)CC1.O=CC1CNC1. The molecule has 2 saturated heterocycles. The van der Waals surface area contributed by atoms with Crippen molar-refractivity contribution >= 4 is 40.8 Å². The first-order chi connectivity index (χ1) is 18.4. The zero-order valence-corrected chi connectivity index (χ0v) is 23.4. The van der Waals surface area contributed by atoms with Gasteiger partial charge in [0, 0.05) is 61.8 Å². The van der Waals surface area contributed by atoms with Gasteiger partial charge in [0.2, 0.25) is 0 Å². The van der Waals surface area contributed by atoms with E-state index in [0.717, 1.165) is 79.8 Å². The topological polar surface area (TPSA) is 114 Å². The second-order valence-electron chi connectivity index (χ2n) is 11.1. The molecule has 0 spiro atoms. The number of anilines is 1. The maximum absolute atomic E-state index is 9.75. The van der Waals surface area contributed by atoms with Gasteiger partial charge in [0.25, 0.3) is 0 Å². The summed E-state index contributed by atoms with van der Waals surface area (Å²) in [6, 6.07) is 4.71. The fourth-order valence-electron chi connectivity index (χ4n) is 4.45. The van der Waals surface area contributed by atoms with E-state index in [2.05, 4.69) is 66.7 Å². The van der Waals surface area contributed by atoms with E-state index in [1.807, 2.05) is 6.20 Å². The summed E-state index contributed by atoms with van der Waals surface area (Å²) in [6.45, 7) is 8.16. The summed E-state index contributed by atoms with van der Waals surface area (Å²) >= 11 is 3.21. The molecule has 200 valence electrons. The van der Waals surface area contributed by atoms with Crippen LogP contribution >= 0.6 is 23.3 Å². The minimum Gasteiger partial charge on any atom is -0.367 e. The highest BCUT2D eigenvalue weighted by Crippen LogP contribution is 2.49. The van der Waals surface area contributed by atoms with E-state index in [-0.39, 0.29) is 5.54 Å². The van der Waals surface area contributed by atoms with Crippen molar-refractivity contribution in [1.29, 1.82) is 5.26 Å². The molecule has 3 aromatic rings. The molecule has 0 bridgehead atoms. The third-order valence-electron chi connectivity index (χ3n) is 7.85. The normalized spacial score (nSPS) is 21.8. The number of carbonyl (C=O) groups excluding carboxylic acids is 1. The van der Waals surface area contributed by atoms with Crippen LogP contribution < -0.4 is 14.9 Å². The summed E-state index contributed by atoms with van der Waals surface area (Å²) in [7, 11) is 2.18. The number of nitrogens with one attached hydrogen (secondary N) is 2. The van der Waals surface area contributed by atoms with Gasteiger partial charge in [-0.25, -0.2) is 4.98 Å².